The molecule has 1 aromatic heterocycles. The molecule has 1 rings (SSSR count). The van der Waals surface area contributed by atoms with E-state index < -0.39 is 0 Å². The van der Waals surface area contributed by atoms with Crippen LogP contribution < -0.4 is 0 Å². The van der Waals surface area contributed by atoms with Crippen molar-refractivity contribution in [3.05, 3.63) is 12.4 Å². The van der Waals surface area contributed by atoms with E-state index in [1.807, 2.05) is 29.6 Å². The lowest BCUT2D eigenvalue weighted by molar-refractivity contribution is -0.130. The highest BCUT2D eigenvalue weighted by molar-refractivity contribution is 8.00. The Balaban J connectivity index is 2.61. The van der Waals surface area contributed by atoms with Crippen molar-refractivity contribution >= 4 is 17.7 Å². The Bertz CT molecular complexity index is 372. The van der Waals surface area contributed by atoms with Crippen LogP contribution in [0.2, 0.25) is 0 Å². The third kappa shape index (κ3) is 4.05. The summed E-state index contributed by atoms with van der Waals surface area (Å²) in [5, 5.41) is 0.813. The van der Waals surface area contributed by atoms with E-state index in [0.29, 0.717) is 0 Å². The Kier molecular flexibility index (Phi) is 6.25. The van der Waals surface area contributed by atoms with Gasteiger partial charge in [0.1, 0.15) is 0 Å². The van der Waals surface area contributed by atoms with E-state index in [1.165, 1.54) is 11.8 Å². The van der Waals surface area contributed by atoms with E-state index in [1.54, 1.807) is 6.20 Å². The summed E-state index contributed by atoms with van der Waals surface area (Å²) < 4.78 is 1.94. The molecule has 1 unspecified atom stereocenters. The van der Waals surface area contributed by atoms with Gasteiger partial charge in [0.25, 0.3) is 0 Å². The average Bonchev–Trinajstić information content (AvgIpc) is 2.74. The van der Waals surface area contributed by atoms with Crippen LogP contribution in [0, 0.1) is 0 Å². The lowest BCUT2D eigenvalue weighted by Gasteiger charge is -2.24. The number of hydrogen-bond acceptors (Lipinski definition) is 3. The molecule has 0 bridgehead atoms. The van der Waals surface area contributed by atoms with Gasteiger partial charge in [0.15, 0.2) is 5.16 Å². The summed E-state index contributed by atoms with van der Waals surface area (Å²) in [6.45, 7) is 7.86. The summed E-state index contributed by atoms with van der Waals surface area (Å²) in [6.07, 6.45) is 5.67. The third-order valence-corrected chi connectivity index (χ3v) is 3.87. The molecule has 102 valence electrons. The van der Waals surface area contributed by atoms with Crippen molar-refractivity contribution in [1.29, 1.82) is 0 Å². The molecule has 0 spiro atoms. The van der Waals surface area contributed by atoms with Crippen LogP contribution in [-0.4, -0.2) is 38.7 Å². The molecule has 0 aromatic carbocycles. The van der Waals surface area contributed by atoms with E-state index in [9.17, 15) is 4.79 Å². The van der Waals surface area contributed by atoms with Crippen LogP contribution in [0.1, 0.15) is 33.6 Å². The molecule has 0 N–H and O–H groups in total. The molecule has 5 heteroatoms. The molecule has 0 saturated carbocycles. The fraction of sp³-hybridized carbons (Fsp3) is 0.692. The molecule has 0 radical (unpaired) electrons. The van der Waals surface area contributed by atoms with Crippen molar-refractivity contribution in [1.82, 2.24) is 14.5 Å². The largest absolute Gasteiger partial charge is 0.342 e. The second kappa shape index (κ2) is 7.46. The molecule has 0 aliphatic heterocycles. The number of thioether (sulfide) groups is 1. The van der Waals surface area contributed by atoms with E-state index in [0.717, 1.165) is 31.1 Å². The van der Waals surface area contributed by atoms with Gasteiger partial charge in [-0.2, -0.15) is 0 Å². The van der Waals surface area contributed by atoms with Gasteiger partial charge in [-0.15, -0.1) is 0 Å². The van der Waals surface area contributed by atoms with Gasteiger partial charge in [0.2, 0.25) is 5.91 Å². The molecular weight excluding hydrogens is 246 g/mol. The quantitative estimate of drug-likeness (QED) is 0.714. The molecule has 18 heavy (non-hydrogen) atoms. The predicted octanol–water partition coefficient (Wildman–Crippen LogP) is 2.55. The Morgan fingerprint density at radius 2 is 2.06 bits per heavy atom. The van der Waals surface area contributed by atoms with Crippen molar-refractivity contribution < 1.29 is 4.79 Å². The molecule has 1 amide bonds. The predicted molar refractivity (Wildman–Crippen MR) is 75.7 cm³/mol. The van der Waals surface area contributed by atoms with Gasteiger partial charge in [0, 0.05) is 32.5 Å². The minimum Gasteiger partial charge on any atom is -0.342 e. The lowest BCUT2D eigenvalue weighted by Crippen LogP contribution is -2.37. The molecular formula is C13H23N3OS. The topological polar surface area (TPSA) is 38.1 Å². The molecule has 0 aliphatic carbocycles. The number of hydrogen-bond donors (Lipinski definition) is 0. The number of aromatic nitrogens is 2. The minimum absolute atomic E-state index is 0.0794. The van der Waals surface area contributed by atoms with Gasteiger partial charge in [-0.25, -0.2) is 4.98 Å². The van der Waals surface area contributed by atoms with Crippen molar-refractivity contribution in [2.24, 2.45) is 7.05 Å². The highest BCUT2D eigenvalue weighted by Gasteiger charge is 2.21. The first-order valence-electron chi connectivity index (χ1n) is 6.52. The summed E-state index contributed by atoms with van der Waals surface area (Å²) in [5.74, 6) is 0.215. The number of rotatable bonds is 7. The first kappa shape index (κ1) is 15.1. The van der Waals surface area contributed by atoms with Crippen LogP contribution in [0.15, 0.2) is 17.6 Å². The minimum atomic E-state index is -0.0794. The SMILES string of the molecule is CCCN(CCC)C(=O)C(C)Sc1nccn1C. The summed E-state index contributed by atoms with van der Waals surface area (Å²) in [5.41, 5.74) is 0. The third-order valence-electron chi connectivity index (χ3n) is 2.71. The summed E-state index contributed by atoms with van der Waals surface area (Å²) in [7, 11) is 1.95. The van der Waals surface area contributed by atoms with Crippen LogP contribution in [0.4, 0.5) is 0 Å². The standard InChI is InChI=1S/C13H23N3OS/c1-5-8-16(9-6-2)12(17)11(3)18-13-14-7-10-15(13)4/h7,10-11H,5-6,8-9H2,1-4H3. The van der Waals surface area contributed by atoms with Crippen molar-refractivity contribution in [3.8, 4) is 0 Å². The monoisotopic (exact) mass is 269 g/mol. The Morgan fingerprint density at radius 1 is 1.44 bits per heavy atom. The zero-order valence-corrected chi connectivity index (χ0v) is 12.5. The van der Waals surface area contributed by atoms with Crippen molar-refractivity contribution in [2.45, 2.75) is 44.0 Å². The molecule has 0 saturated heterocycles. The number of nitrogens with zero attached hydrogens (tertiary/aromatic N) is 3. The van der Waals surface area contributed by atoms with E-state index in [4.69, 9.17) is 0 Å². The fourth-order valence-corrected chi connectivity index (χ4v) is 2.72. The van der Waals surface area contributed by atoms with E-state index in [2.05, 4.69) is 18.8 Å². The number of imidazole rings is 1. The van der Waals surface area contributed by atoms with Gasteiger partial charge in [-0.3, -0.25) is 4.79 Å². The molecule has 1 atom stereocenters. The molecule has 1 heterocycles. The molecule has 0 aliphatic rings. The van der Waals surface area contributed by atoms with Crippen LogP contribution in [0.3, 0.4) is 0 Å². The fourth-order valence-electron chi connectivity index (χ4n) is 1.80. The number of carbonyl (C=O) groups excluding carboxylic acids is 1. The van der Waals surface area contributed by atoms with E-state index in [-0.39, 0.29) is 11.2 Å². The summed E-state index contributed by atoms with van der Waals surface area (Å²) in [4.78, 5) is 18.5. The number of aryl methyl sites for hydroxylation is 1. The molecule has 0 fully saturated rings. The zero-order chi connectivity index (χ0) is 13.5. The maximum atomic E-state index is 12.3. The van der Waals surface area contributed by atoms with Crippen molar-refractivity contribution in [3.63, 3.8) is 0 Å². The molecule has 4 nitrogen and oxygen atoms in total. The maximum Gasteiger partial charge on any atom is 0.235 e. The van der Waals surface area contributed by atoms with Crippen molar-refractivity contribution in [2.75, 3.05) is 13.1 Å². The first-order chi connectivity index (χ1) is 8.60. The zero-order valence-electron chi connectivity index (χ0n) is 11.7. The van der Waals surface area contributed by atoms with Gasteiger partial charge in [0.05, 0.1) is 5.25 Å². The van der Waals surface area contributed by atoms with Crippen LogP contribution in [-0.2, 0) is 11.8 Å². The Hall–Kier alpha value is -0.970. The van der Waals surface area contributed by atoms with Gasteiger partial charge in [-0.05, 0) is 19.8 Å². The van der Waals surface area contributed by atoms with Crippen LogP contribution in [0.25, 0.3) is 0 Å². The normalized spacial score (nSPS) is 12.4. The van der Waals surface area contributed by atoms with Gasteiger partial charge < -0.3 is 9.47 Å². The van der Waals surface area contributed by atoms with Crippen LogP contribution in [0.5, 0.6) is 0 Å². The van der Waals surface area contributed by atoms with Gasteiger partial charge in [-0.1, -0.05) is 25.6 Å². The second-order valence-corrected chi connectivity index (χ2v) is 5.71. The first-order valence-corrected chi connectivity index (χ1v) is 7.40. The number of amides is 1. The highest BCUT2D eigenvalue weighted by atomic mass is 32.2. The van der Waals surface area contributed by atoms with Gasteiger partial charge >= 0.3 is 0 Å². The average molecular weight is 269 g/mol. The highest BCUT2D eigenvalue weighted by Crippen LogP contribution is 2.22. The lowest BCUT2D eigenvalue weighted by atomic mass is 10.3. The Labute approximate surface area is 114 Å². The maximum absolute atomic E-state index is 12.3. The Morgan fingerprint density at radius 3 is 2.50 bits per heavy atom. The van der Waals surface area contributed by atoms with E-state index >= 15 is 0 Å². The summed E-state index contributed by atoms with van der Waals surface area (Å²) >= 11 is 1.53. The van der Waals surface area contributed by atoms with Crippen LogP contribution >= 0.6 is 11.8 Å². The molecule has 1 aromatic rings. The summed E-state index contributed by atoms with van der Waals surface area (Å²) in [6, 6.07) is 0. The smallest absolute Gasteiger partial charge is 0.235 e. The second-order valence-electron chi connectivity index (χ2n) is 4.41. The number of carbonyl (C=O) groups is 1.